The molecule has 1 amide bonds. The molecule has 1 N–H and O–H groups in total. The second-order valence-electron chi connectivity index (χ2n) is 8.60. The maximum absolute atomic E-state index is 13.0. The van der Waals surface area contributed by atoms with Gasteiger partial charge in [0.15, 0.2) is 0 Å². The molecule has 0 saturated carbocycles. The van der Waals surface area contributed by atoms with Crippen molar-refractivity contribution in [3.8, 4) is 0 Å². The van der Waals surface area contributed by atoms with Crippen molar-refractivity contribution in [3.63, 3.8) is 0 Å². The van der Waals surface area contributed by atoms with Crippen molar-refractivity contribution in [2.45, 2.75) is 50.6 Å². The van der Waals surface area contributed by atoms with Crippen LogP contribution in [-0.2, 0) is 11.2 Å². The van der Waals surface area contributed by atoms with E-state index in [-0.39, 0.29) is 5.91 Å². The summed E-state index contributed by atoms with van der Waals surface area (Å²) in [7, 11) is 0. The highest BCUT2D eigenvalue weighted by atomic mass is 16.2. The van der Waals surface area contributed by atoms with Gasteiger partial charge in [-0.3, -0.25) is 4.79 Å². The van der Waals surface area contributed by atoms with Gasteiger partial charge in [-0.05, 0) is 62.9 Å². The highest BCUT2D eigenvalue weighted by molar-refractivity contribution is 6.00. The van der Waals surface area contributed by atoms with Crippen molar-refractivity contribution >= 4 is 18.0 Å². The molecule has 0 spiro atoms. The lowest BCUT2D eigenvalue weighted by molar-refractivity contribution is -0.109. The first kappa shape index (κ1) is 21.5. The molecule has 1 aromatic carbocycles. The number of aromatic nitrogens is 1. The van der Waals surface area contributed by atoms with Gasteiger partial charge in [-0.2, -0.15) is 0 Å². The number of aldehydes is 1. The number of nitrogens with zero attached hydrogens (tertiary/aromatic N) is 3. The second-order valence-corrected chi connectivity index (χ2v) is 8.60. The van der Waals surface area contributed by atoms with Crippen molar-refractivity contribution in [2.24, 2.45) is 0 Å². The summed E-state index contributed by atoms with van der Waals surface area (Å²) in [6.07, 6.45) is 9.21. The average Bonchev–Trinajstić information content (AvgIpc) is 2.85. The third-order valence-corrected chi connectivity index (χ3v) is 6.48. The molecule has 6 heteroatoms. The van der Waals surface area contributed by atoms with Crippen LogP contribution in [0.25, 0.3) is 0 Å². The minimum atomic E-state index is -0.562. The van der Waals surface area contributed by atoms with Gasteiger partial charge in [0, 0.05) is 25.3 Å². The number of benzene rings is 1. The maximum Gasteiger partial charge on any atom is 0.255 e. The van der Waals surface area contributed by atoms with Crippen LogP contribution in [-0.4, -0.2) is 60.3 Å². The third-order valence-electron chi connectivity index (χ3n) is 6.48. The number of pyridine rings is 1. The fraction of sp³-hybridized carbons (Fsp3) is 0.480. The summed E-state index contributed by atoms with van der Waals surface area (Å²) in [6.45, 7) is 4.24. The Morgan fingerprint density at radius 2 is 1.77 bits per heavy atom. The maximum atomic E-state index is 13.0. The molecule has 6 nitrogen and oxygen atoms in total. The predicted molar refractivity (Wildman–Crippen MR) is 122 cm³/mol. The monoisotopic (exact) mass is 420 g/mol. The summed E-state index contributed by atoms with van der Waals surface area (Å²) in [6, 6.07) is 13.4. The Morgan fingerprint density at radius 3 is 2.48 bits per heavy atom. The topological polar surface area (TPSA) is 65.5 Å². The Balaban J connectivity index is 1.39. The third kappa shape index (κ3) is 5.50. The van der Waals surface area contributed by atoms with Crippen LogP contribution in [0.1, 0.15) is 48.0 Å². The number of amides is 1. The molecule has 2 fully saturated rings. The quantitative estimate of drug-likeness (QED) is 0.698. The molecule has 164 valence electrons. The van der Waals surface area contributed by atoms with Gasteiger partial charge in [-0.1, -0.05) is 36.8 Å². The largest absolute Gasteiger partial charge is 0.356 e. The van der Waals surface area contributed by atoms with Crippen LogP contribution in [0.15, 0.2) is 48.7 Å². The van der Waals surface area contributed by atoms with Gasteiger partial charge >= 0.3 is 0 Å². The minimum Gasteiger partial charge on any atom is -0.356 e. The molecular weight excluding hydrogens is 388 g/mol. The van der Waals surface area contributed by atoms with Crippen LogP contribution in [0.4, 0.5) is 5.82 Å². The lowest BCUT2D eigenvalue weighted by atomic mass is 9.99. The van der Waals surface area contributed by atoms with E-state index >= 15 is 0 Å². The van der Waals surface area contributed by atoms with Crippen molar-refractivity contribution in [3.05, 3.63) is 59.8 Å². The lowest BCUT2D eigenvalue weighted by Crippen LogP contribution is -2.47. The van der Waals surface area contributed by atoms with E-state index in [1.165, 1.54) is 32.4 Å². The summed E-state index contributed by atoms with van der Waals surface area (Å²) in [5, 5.41) is 2.89. The van der Waals surface area contributed by atoms with E-state index in [9.17, 15) is 9.59 Å². The van der Waals surface area contributed by atoms with Gasteiger partial charge in [-0.25, -0.2) is 4.98 Å². The van der Waals surface area contributed by atoms with Gasteiger partial charge in [0.2, 0.25) is 0 Å². The zero-order chi connectivity index (χ0) is 21.5. The number of carbonyl (C=O) groups excluding carboxylic acids is 2. The predicted octanol–water partition coefficient (Wildman–Crippen LogP) is 3.08. The second kappa shape index (κ2) is 10.5. The fourth-order valence-electron chi connectivity index (χ4n) is 4.80. The molecule has 0 radical (unpaired) electrons. The smallest absolute Gasteiger partial charge is 0.255 e. The highest BCUT2D eigenvalue weighted by Gasteiger charge is 2.28. The molecule has 2 saturated heterocycles. The normalized spacial score (nSPS) is 19.0. The number of nitrogens with one attached hydrogen (secondary N) is 1. The number of piperidine rings is 2. The van der Waals surface area contributed by atoms with E-state index in [4.69, 9.17) is 0 Å². The summed E-state index contributed by atoms with van der Waals surface area (Å²) in [5.74, 6) is 0.482. The Morgan fingerprint density at radius 1 is 1.03 bits per heavy atom. The summed E-state index contributed by atoms with van der Waals surface area (Å²) in [5.41, 5.74) is 1.56. The summed E-state index contributed by atoms with van der Waals surface area (Å²) < 4.78 is 0. The molecule has 1 atom stereocenters. The van der Waals surface area contributed by atoms with E-state index < -0.39 is 6.04 Å². The Labute approximate surface area is 184 Å². The molecule has 31 heavy (non-hydrogen) atoms. The molecule has 2 aliphatic rings. The van der Waals surface area contributed by atoms with Gasteiger partial charge < -0.3 is 19.9 Å². The van der Waals surface area contributed by atoms with Crippen LogP contribution >= 0.6 is 0 Å². The lowest BCUT2D eigenvalue weighted by Gasteiger charge is -2.40. The number of likely N-dealkylation sites (tertiary alicyclic amines) is 1. The highest BCUT2D eigenvalue weighted by Crippen LogP contribution is 2.25. The van der Waals surface area contributed by atoms with Crippen molar-refractivity contribution in [2.75, 3.05) is 31.1 Å². The molecule has 0 bridgehead atoms. The Hall–Kier alpha value is -2.73. The zero-order valence-corrected chi connectivity index (χ0v) is 18.1. The summed E-state index contributed by atoms with van der Waals surface area (Å²) in [4.78, 5) is 34.0. The first-order valence-corrected chi connectivity index (χ1v) is 11.5. The van der Waals surface area contributed by atoms with Crippen molar-refractivity contribution < 1.29 is 9.59 Å². The van der Waals surface area contributed by atoms with E-state index in [2.05, 4.69) is 20.1 Å². The van der Waals surface area contributed by atoms with Gasteiger partial charge in [0.1, 0.15) is 12.1 Å². The Bertz CT molecular complexity index is 859. The van der Waals surface area contributed by atoms with Crippen LogP contribution in [0.2, 0.25) is 0 Å². The molecule has 1 aromatic heterocycles. The standard InChI is InChI=1S/C25H32N4O2/c30-19-21(18-20-8-3-1-4-9-20)27-25(31)23-10-7-13-26-24(23)29-16-11-22(12-17-29)28-14-5-2-6-15-28/h1,3-4,7-10,13,19,21-22H,2,5-6,11-12,14-18H2,(H,27,31). The first-order chi connectivity index (χ1) is 15.2. The van der Waals surface area contributed by atoms with E-state index in [0.29, 0.717) is 18.0 Å². The SMILES string of the molecule is O=CC(Cc1ccccc1)NC(=O)c1cccnc1N1CCC(N2CCCCC2)CC1. The zero-order valence-electron chi connectivity index (χ0n) is 18.1. The number of anilines is 1. The molecule has 1 unspecified atom stereocenters. The van der Waals surface area contributed by atoms with E-state index in [0.717, 1.165) is 43.6 Å². The van der Waals surface area contributed by atoms with E-state index in [1.54, 1.807) is 18.3 Å². The molecule has 0 aliphatic carbocycles. The van der Waals surface area contributed by atoms with E-state index in [1.807, 2.05) is 30.3 Å². The fourth-order valence-corrected chi connectivity index (χ4v) is 4.80. The van der Waals surface area contributed by atoms with Crippen LogP contribution in [0.3, 0.4) is 0 Å². The average molecular weight is 421 g/mol. The van der Waals surface area contributed by atoms with Gasteiger partial charge in [0.25, 0.3) is 5.91 Å². The number of rotatable bonds is 7. The number of carbonyl (C=O) groups is 2. The van der Waals surface area contributed by atoms with Gasteiger partial charge in [-0.15, -0.1) is 0 Å². The van der Waals surface area contributed by atoms with Crippen molar-refractivity contribution in [1.29, 1.82) is 0 Å². The summed E-state index contributed by atoms with van der Waals surface area (Å²) >= 11 is 0. The van der Waals surface area contributed by atoms with Crippen molar-refractivity contribution in [1.82, 2.24) is 15.2 Å². The molecule has 4 rings (SSSR count). The first-order valence-electron chi connectivity index (χ1n) is 11.5. The molecular formula is C25H32N4O2. The number of hydrogen-bond acceptors (Lipinski definition) is 5. The van der Waals surface area contributed by atoms with Gasteiger partial charge in [0.05, 0.1) is 11.6 Å². The van der Waals surface area contributed by atoms with Crippen LogP contribution in [0.5, 0.6) is 0 Å². The van der Waals surface area contributed by atoms with Crippen LogP contribution < -0.4 is 10.2 Å². The van der Waals surface area contributed by atoms with Crippen LogP contribution in [0, 0.1) is 0 Å². The Kier molecular flexibility index (Phi) is 7.30. The number of hydrogen-bond donors (Lipinski definition) is 1. The molecule has 3 heterocycles. The minimum absolute atomic E-state index is 0.241. The molecule has 2 aromatic rings. The molecule has 2 aliphatic heterocycles.